The standard InChI is InChI=1S/C18H26N6/c1-2-5-16(23-11-3-10-20-23)15(4-1)19-12-17-21-22-18(13-6-7-13)24(17)14-8-9-14/h3,10-11,13-16,19H,1-2,4-9,12H2/t15-,16-/m1/s1. The minimum atomic E-state index is 0.467. The summed E-state index contributed by atoms with van der Waals surface area (Å²) in [6.45, 7) is 0.832. The molecular formula is C18H26N6. The van der Waals surface area contributed by atoms with Crippen molar-refractivity contribution in [2.75, 3.05) is 0 Å². The van der Waals surface area contributed by atoms with Crippen molar-refractivity contribution in [3.8, 4) is 0 Å². The highest BCUT2D eigenvalue weighted by atomic mass is 15.3. The summed E-state index contributed by atoms with van der Waals surface area (Å²) in [6.07, 6.45) is 14.2. The summed E-state index contributed by atoms with van der Waals surface area (Å²) in [5.41, 5.74) is 0. The zero-order valence-electron chi connectivity index (χ0n) is 14.1. The molecule has 2 aromatic rings. The van der Waals surface area contributed by atoms with Crippen molar-refractivity contribution in [3.05, 3.63) is 30.1 Å². The van der Waals surface area contributed by atoms with E-state index in [4.69, 9.17) is 0 Å². The Morgan fingerprint density at radius 3 is 2.67 bits per heavy atom. The van der Waals surface area contributed by atoms with Gasteiger partial charge in [0.15, 0.2) is 0 Å². The Morgan fingerprint density at radius 2 is 1.92 bits per heavy atom. The first-order valence-electron chi connectivity index (χ1n) is 9.56. The van der Waals surface area contributed by atoms with Crippen LogP contribution >= 0.6 is 0 Å². The van der Waals surface area contributed by atoms with Crippen molar-refractivity contribution in [1.29, 1.82) is 0 Å². The van der Waals surface area contributed by atoms with E-state index in [0.29, 0.717) is 24.0 Å². The Kier molecular flexibility index (Phi) is 3.65. The van der Waals surface area contributed by atoms with Gasteiger partial charge in [-0.2, -0.15) is 5.10 Å². The molecule has 2 aromatic heterocycles. The molecule has 3 fully saturated rings. The van der Waals surface area contributed by atoms with Gasteiger partial charge in [0.05, 0.1) is 12.6 Å². The van der Waals surface area contributed by atoms with Crippen LogP contribution in [0.5, 0.6) is 0 Å². The fourth-order valence-electron chi connectivity index (χ4n) is 4.17. The predicted molar refractivity (Wildman–Crippen MR) is 90.6 cm³/mol. The second-order valence-electron chi connectivity index (χ2n) is 7.68. The Balaban J connectivity index is 1.31. The molecule has 0 spiro atoms. The molecule has 128 valence electrons. The van der Waals surface area contributed by atoms with Gasteiger partial charge in [-0.25, -0.2) is 0 Å². The van der Waals surface area contributed by atoms with E-state index in [9.17, 15) is 0 Å². The van der Waals surface area contributed by atoms with E-state index in [1.165, 1.54) is 57.2 Å². The lowest BCUT2D eigenvalue weighted by Gasteiger charge is -2.32. The van der Waals surface area contributed by atoms with Crippen LogP contribution in [0.25, 0.3) is 0 Å². The molecule has 0 saturated heterocycles. The van der Waals surface area contributed by atoms with Gasteiger partial charge in [-0.05, 0) is 44.6 Å². The van der Waals surface area contributed by atoms with Gasteiger partial charge in [-0.15, -0.1) is 10.2 Å². The fourth-order valence-corrected chi connectivity index (χ4v) is 4.17. The summed E-state index contributed by atoms with van der Waals surface area (Å²) in [7, 11) is 0. The smallest absolute Gasteiger partial charge is 0.147 e. The number of aromatic nitrogens is 5. The number of hydrogen-bond acceptors (Lipinski definition) is 4. The largest absolute Gasteiger partial charge is 0.311 e. The van der Waals surface area contributed by atoms with E-state index in [-0.39, 0.29) is 0 Å². The summed E-state index contributed by atoms with van der Waals surface area (Å²) in [6, 6.07) is 3.64. The Labute approximate surface area is 142 Å². The van der Waals surface area contributed by atoms with Gasteiger partial charge >= 0.3 is 0 Å². The van der Waals surface area contributed by atoms with E-state index in [2.05, 4.69) is 36.1 Å². The number of hydrogen-bond donors (Lipinski definition) is 1. The van der Waals surface area contributed by atoms with E-state index < -0.39 is 0 Å². The maximum Gasteiger partial charge on any atom is 0.147 e. The van der Waals surface area contributed by atoms with E-state index in [1.54, 1.807) is 0 Å². The van der Waals surface area contributed by atoms with Gasteiger partial charge in [-0.1, -0.05) is 12.8 Å². The van der Waals surface area contributed by atoms with Gasteiger partial charge < -0.3 is 9.88 Å². The monoisotopic (exact) mass is 326 g/mol. The SMILES string of the molecule is c1cnn([C@@H]2CCCC[C@H]2NCc2nnc(C3CC3)n2C2CC2)c1. The molecule has 0 radical (unpaired) electrons. The minimum absolute atomic E-state index is 0.467. The Bertz CT molecular complexity index is 682. The molecule has 6 heteroatoms. The minimum Gasteiger partial charge on any atom is -0.311 e. The third kappa shape index (κ3) is 2.77. The first kappa shape index (κ1) is 14.6. The second-order valence-corrected chi connectivity index (χ2v) is 7.68. The van der Waals surface area contributed by atoms with Crippen molar-refractivity contribution in [2.24, 2.45) is 0 Å². The van der Waals surface area contributed by atoms with Crippen LogP contribution in [0, 0.1) is 0 Å². The highest BCUT2D eigenvalue weighted by molar-refractivity contribution is 5.12. The average Bonchev–Trinajstić information content (AvgIpc) is 3.54. The number of nitrogens with one attached hydrogen (secondary N) is 1. The van der Waals surface area contributed by atoms with Crippen molar-refractivity contribution in [3.63, 3.8) is 0 Å². The van der Waals surface area contributed by atoms with Gasteiger partial charge in [0.2, 0.25) is 0 Å². The summed E-state index contributed by atoms with van der Waals surface area (Å²) in [5.74, 6) is 3.07. The molecule has 2 atom stereocenters. The molecule has 0 aromatic carbocycles. The lowest BCUT2D eigenvalue weighted by atomic mass is 9.90. The summed E-state index contributed by atoms with van der Waals surface area (Å²) >= 11 is 0. The molecule has 0 unspecified atom stereocenters. The molecule has 0 amide bonds. The molecule has 5 rings (SSSR count). The van der Waals surface area contributed by atoms with E-state index in [0.717, 1.165) is 12.4 Å². The maximum atomic E-state index is 4.54. The number of nitrogens with zero attached hydrogens (tertiary/aromatic N) is 5. The highest BCUT2D eigenvalue weighted by Crippen LogP contribution is 2.44. The Morgan fingerprint density at radius 1 is 1.04 bits per heavy atom. The average molecular weight is 326 g/mol. The third-order valence-corrected chi connectivity index (χ3v) is 5.76. The van der Waals surface area contributed by atoms with Crippen molar-refractivity contribution >= 4 is 0 Å². The normalized spacial score (nSPS) is 27.5. The molecule has 24 heavy (non-hydrogen) atoms. The van der Waals surface area contributed by atoms with Crippen molar-refractivity contribution < 1.29 is 0 Å². The molecule has 3 aliphatic rings. The summed E-state index contributed by atoms with van der Waals surface area (Å²) in [5, 5.41) is 17.3. The van der Waals surface area contributed by atoms with Crippen LogP contribution in [-0.4, -0.2) is 30.6 Å². The van der Waals surface area contributed by atoms with Gasteiger partial charge in [0, 0.05) is 30.4 Å². The second kappa shape index (κ2) is 5.99. The first-order valence-corrected chi connectivity index (χ1v) is 9.56. The fraction of sp³-hybridized carbons (Fsp3) is 0.722. The summed E-state index contributed by atoms with van der Waals surface area (Å²) in [4.78, 5) is 0. The van der Waals surface area contributed by atoms with Crippen LogP contribution in [-0.2, 0) is 6.54 Å². The van der Waals surface area contributed by atoms with Gasteiger partial charge in [-0.3, -0.25) is 4.68 Å². The predicted octanol–water partition coefficient (Wildman–Crippen LogP) is 2.96. The molecular weight excluding hydrogens is 300 g/mol. The molecule has 0 aliphatic heterocycles. The highest BCUT2D eigenvalue weighted by Gasteiger charge is 2.36. The molecule has 3 aliphatic carbocycles. The Hall–Kier alpha value is -1.69. The van der Waals surface area contributed by atoms with Crippen molar-refractivity contribution in [1.82, 2.24) is 29.9 Å². The zero-order valence-corrected chi connectivity index (χ0v) is 14.1. The van der Waals surface area contributed by atoms with Gasteiger partial charge in [0.25, 0.3) is 0 Å². The molecule has 0 bridgehead atoms. The number of rotatable bonds is 6. The molecule has 6 nitrogen and oxygen atoms in total. The molecule has 3 saturated carbocycles. The van der Waals surface area contributed by atoms with E-state index in [1.807, 2.05) is 12.3 Å². The summed E-state index contributed by atoms with van der Waals surface area (Å²) < 4.78 is 4.59. The maximum absolute atomic E-state index is 4.54. The quantitative estimate of drug-likeness (QED) is 0.886. The topological polar surface area (TPSA) is 60.6 Å². The molecule has 2 heterocycles. The molecule has 1 N–H and O–H groups in total. The van der Waals surface area contributed by atoms with Crippen LogP contribution in [0.1, 0.15) is 81.0 Å². The van der Waals surface area contributed by atoms with Crippen LogP contribution < -0.4 is 5.32 Å². The van der Waals surface area contributed by atoms with Crippen LogP contribution in [0.4, 0.5) is 0 Å². The lowest BCUT2D eigenvalue weighted by Crippen LogP contribution is -2.40. The van der Waals surface area contributed by atoms with Crippen molar-refractivity contribution in [2.45, 2.75) is 82.0 Å². The van der Waals surface area contributed by atoms with Crippen LogP contribution in [0.2, 0.25) is 0 Å². The first-order chi connectivity index (χ1) is 11.9. The van der Waals surface area contributed by atoms with Crippen LogP contribution in [0.15, 0.2) is 18.5 Å². The lowest BCUT2D eigenvalue weighted by molar-refractivity contribution is 0.243. The van der Waals surface area contributed by atoms with Gasteiger partial charge in [0.1, 0.15) is 11.6 Å². The van der Waals surface area contributed by atoms with E-state index >= 15 is 0 Å². The zero-order chi connectivity index (χ0) is 15.9. The van der Waals surface area contributed by atoms with Crippen LogP contribution in [0.3, 0.4) is 0 Å². The third-order valence-electron chi connectivity index (χ3n) is 5.76.